The highest BCUT2D eigenvalue weighted by Crippen LogP contribution is 2.52. The summed E-state index contributed by atoms with van der Waals surface area (Å²) in [5.41, 5.74) is 14.8. The van der Waals surface area contributed by atoms with Crippen molar-refractivity contribution in [2.75, 3.05) is 0 Å². The van der Waals surface area contributed by atoms with E-state index >= 15 is 0 Å². The predicted octanol–water partition coefficient (Wildman–Crippen LogP) is 14.5. The molecule has 1 aliphatic heterocycles. The van der Waals surface area contributed by atoms with E-state index in [0.29, 0.717) is 0 Å². The quantitative estimate of drug-likeness (QED) is 0.176. The van der Waals surface area contributed by atoms with E-state index in [1.807, 2.05) is 11.8 Å². The zero-order valence-electron chi connectivity index (χ0n) is 29.8. The molecular formula is C52H32N2S. The largest absolute Gasteiger partial charge is 0.309 e. The molecule has 256 valence electrons. The van der Waals surface area contributed by atoms with Crippen molar-refractivity contribution in [2.24, 2.45) is 0 Å². The van der Waals surface area contributed by atoms with Gasteiger partial charge in [-0.3, -0.25) is 0 Å². The maximum Gasteiger partial charge on any atom is 0.0558 e. The zero-order valence-corrected chi connectivity index (χ0v) is 30.6. The lowest BCUT2D eigenvalue weighted by molar-refractivity contribution is 1.16. The Morgan fingerprint density at radius 3 is 1.69 bits per heavy atom. The van der Waals surface area contributed by atoms with Crippen LogP contribution in [0.2, 0.25) is 0 Å². The van der Waals surface area contributed by atoms with Crippen LogP contribution in [0.5, 0.6) is 0 Å². The van der Waals surface area contributed by atoms with Gasteiger partial charge in [-0.05, 0) is 93.4 Å². The number of hydrogen-bond donors (Lipinski definition) is 0. The molecule has 3 heteroatoms. The van der Waals surface area contributed by atoms with Gasteiger partial charge in [0.2, 0.25) is 0 Å². The molecule has 11 aromatic rings. The number of benzene rings is 9. The molecule has 0 aliphatic carbocycles. The first-order valence-corrected chi connectivity index (χ1v) is 19.7. The smallest absolute Gasteiger partial charge is 0.0558 e. The Balaban J connectivity index is 1.01. The van der Waals surface area contributed by atoms with Gasteiger partial charge >= 0.3 is 0 Å². The molecule has 2 aromatic heterocycles. The van der Waals surface area contributed by atoms with Gasteiger partial charge in [0.15, 0.2) is 0 Å². The Labute approximate surface area is 322 Å². The monoisotopic (exact) mass is 716 g/mol. The molecule has 0 atom stereocenters. The Hall–Kier alpha value is -6.81. The summed E-state index contributed by atoms with van der Waals surface area (Å²) in [7, 11) is 0. The second-order valence-corrected chi connectivity index (χ2v) is 15.6. The van der Waals surface area contributed by atoms with Crippen LogP contribution in [0.3, 0.4) is 0 Å². The average Bonchev–Trinajstić information content (AvgIpc) is 3.77. The summed E-state index contributed by atoms with van der Waals surface area (Å²) in [4.78, 5) is 2.58. The van der Waals surface area contributed by atoms with Crippen LogP contribution in [0.25, 0.3) is 99.1 Å². The van der Waals surface area contributed by atoms with Gasteiger partial charge in [-0.25, -0.2) is 0 Å². The number of hydrogen-bond acceptors (Lipinski definition) is 1. The SMILES string of the molecule is c1ccc(-c2ccc(-c3ccc4c(c3)c3ccccc3n4-c3ccc4c(c3)Sc3cc5c(c6cccc-4c36)c3ccccc3n5-c3ccccc3)cc2)cc1. The van der Waals surface area contributed by atoms with Crippen molar-refractivity contribution < 1.29 is 0 Å². The van der Waals surface area contributed by atoms with E-state index in [-0.39, 0.29) is 0 Å². The number of para-hydroxylation sites is 3. The van der Waals surface area contributed by atoms with E-state index < -0.39 is 0 Å². The van der Waals surface area contributed by atoms with Crippen LogP contribution in [-0.2, 0) is 0 Å². The van der Waals surface area contributed by atoms with Crippen molar-refractivity contribution in [1.82, 2.24) is 9.13 Å². The molecule has 0 radical (unpaired) electrons. The van der Waals surface area contributed by atoms with Gasteiger partial charge in [0.25, 0.3) is 0 Å². The molecule has 9 aromatic carbocycles. The topological polar surface area (TPSA) is 9.86 Å². The zero-order chi connectivity index (χ0) is 36.0. The fraction of sp³-hybridized carbons (Fsp3) is 0. The van der Waals surface area contributed by atoms with Crippen molar-refractivity contribution in [2.45, 2.75) is 9.79 Å². The summed E-state index contributed by atoms with van der Waals surface area (Å²) in [5, 5.41) is 7.78. The van der Waals surface area contributed by atoms with Gasteiger partial charge in [0.1, 0.15) is 0 Å². The molecule has 1 aliphatic rings. The number of aromatic nitrogens is 2. The maximum absolute atomic E-state index is 2.44. The summed E-state index contributed by atoms with van der Waals surface area (Å²) in [5.74, 6) is 0. The Bertz CT molecular complexity index is 3320. The molecule has 0 saturated heterocycles. The minimum atomic E-state index is 1.17. The highest BCUT2D eigenvalue weighted by atomic mass is 32.2. The third kappa shape index (κ3) is 4.57. The van der Waals surface area contributed by atoms with E-state index in [4.69, 9.17) is 0 Å². The first-order chi connectivity index (χ1) is 27.3. The Kier molecular flexibility index (Phi) is 6.60. The lowest BCUT2D eigenvalue weighted by Crippen LogP contribution is -1.99. The molecule has 3 heterocycles. The second-order valence-electron chi connectivity index (χ2n) is 14.5. The molecule has 0 spiro atoms. The van der Waals surface area contributed by atoms with Crippen LogP contribution >= 0.6 is 11.8 Å². The third-order valence-corrected chi connectivity index (χ3v) is 12.6. The van der Waals surface area contributed by atoms with Gasteiger partial charge in [-0.2, -0.15) is 0 Å². The molecule has 2 nitrogen and oxygen atoms in total. The molecule has 0 saturated carbocycles. The van der Waals surface area contributed by atoms with E-state index in [1.165, 1.54) is 109 Å². The lowest BCUT2D eigenvalue weighted by Gasteiger charge is -2.22. The standard InChI is InChI=1S/C52H32N2S/c1-3-12-33(13-4-1)34-22-24-35(25-23-34)36-26-29-47-44(30-36)39-16-7-9-20-45(39)54(47)38-27-28-40-41-18-11-19-43-51-42-17-8-10-21-46(42)53(37-14-5-2-6-15-37)48(51)32-50(52(41)43)55-49(40)31-38/h1-32H. The summed E-state index contributed by atoms with van der Waals surface area (Å²) in [6.07, 6.45) is 0. The minimum absolute atomic E-state index is 1.17. The first kappa shape index (κ1) is 30.6. The van der Waals surface area contributed by atoms with Crippen LogP contribution in [0.4, 0.5) is 0 Å². The fourth-order valence-corrected chi connectivity index (χ4v) is 10.3. The maximum atomic E-state index is 2.44. The number of fused-ring (bicyclic) bond motifs is 9. The highest BCUT2D eigenvalue weighted by molar-refractivity contribution is 7.99. The van der Waals surface area contributed by atoms with Crippen molar-refractivity contribution in [1.29, 1.82) is 0 Å². The number of rotatable bonds is 4. The molecule has 0 bridgehead atoms. The molecule has 55 heavy (non-hydrogen) atoms. The molecule has 0 N–H and O–H groups in total. The Morgan fingerprint density at radius 1 is 0.291 bits per heavy atom. The van der Waals surface area contributed by atoms with Crippen LogP contribution in [0, 0.1) is 0 Å². The third-order valence-electron chi connectivity index (χ3n) is 11.5. The van der Waals surface area contributed by atoms with Crippen molar-refractivity contribution >= 4 is 66.1 Å². The summed E-state index contributed by atoms with van der Waals surface area (Å²) in [6.45, 7) is 0. The van der Waals surface area contributed by atoms with Gasteiger partial charge in [-0.15, -0.1) is 0 Å². The Morgan fingerprint density at radius 2 is 0.891 bits per heavy atom. The summed E-state index contributed by atoms with van der Waals surface area (Å²) in [6, 6.07) is 71.3. The lowest BCUT2D eigenvalue weighted by atomic mass is 9.94. The summed E-state index contributed by atoms with van der Waals surface area (Å²) < 4.78 is 4.88. The average molecular weight is 717 g/mol. The van der Waals surface area contributed by atoms with E-state index in [9.17, 15) is 0 Å². The molecule has 12 rings (SSSR count). The number of nitrogens with zero attached hydrogens (tertiary/aromatic N) is 2. The van der Waals surface area contributed by atoms with Crippen LogP contribution in [-0.4, -0.2) is 9.13 Å². The fourth-order valence-electron chi connectivity index (χ4n) is 9.05. The van der Waals surface area contributed by atoms with Crippen molar-refractivity contribution in [3.05, 3.63) is 194 Å². The van der Waals surface area contributed by atoms with Crippen LogP contribution in [0.1, 0.15) is 0 Å². The van der Waals surface area contributed by atoms with Gasteiger partial charge in [-0.1, -0.05) is 151 Å². The molecule has 0 amide bonds. The summed E-state index contributed by atoms with van der Waals surface area (Å²) >= 11 is 1.90. The van der Waals surface area contributed by atoms with Gasteiger partial charge in [0, 0.05) is 48.1 Å². The minimum Gasteiger partial charge on any atom is -0.309 e. The van der Waals surface area contributed by atoms with Gasteiger partial charge < -0.3 is 9.13 Å². The van der Waals surface area contributed by atoms with Crippen LogP contribution < -0.4 is 0 Å². The predicted molar refractivity (Wildman–Crippen MR) is 233 cm³/mol. The molecular weight excluding hydrogens is 685 g/mol. The first-order valence-electron chi connectivity index (χ1n) is 18.8. The normalized spacial score (nSPS) is 12.3. The van der Waals surface area contributed by atoms with E-state index in [0.717, 1.165) is 0 Å². The molecule has 0 fully saturated rings. The van der Waals surface area contributed by atoms with E-state index in [1.54, 1.807) is 0 Å². The second kappa shape index (κ2) is 11.8. The van der Waals surface area contributed by atoms with E-state index in [2.05, 4.69) is 203 Å². The molecule has 0 unspecified atom stereocenters. The highest BCUT2D eigenvalue weighted by Gasteiger charge is 2.25. The van der Waals surface area contributed by atoms with Crippen molar-refractivity contribution in [3.8, 4) is 44.8 Å². The van der Waals surface area contributed by atoms with Gasteiger partial charge in [0.05, 0.1) is 22.1 Å². The van der Waals surface area contributed by atoms with Crippen molar-refractivity contribution in [3.63, 3.8) is 0 Å². The van der Waals surface area contributed by atoms with Crippen LogP contribution in [0.15, 0.2) is 204 Å².